The zero-order valence-electron chi connectivity index (χ0n) is 14.7. The zero-order chi connectivity index (χ0) is 18.0. The van der Waals surface area contributed by atoms with E-state index in [9.17, 15) is 10.1 Å². The minimum atomic E-state index is -0.406. The second kappa shape index (κ2) is 7.02. The summed E-state index contributed by atoms with van der Waals surface area (Å²) in [6.45, 7) is 7.14. The van der Waals surface area contributed by atoms with Crippen molar-refractivity contribution in [2.75, 3.05) is 43.4 Å². The van der Waals surface area contributed by atoms with Crippen molar-refractivity contribution in [3.8, 4) is 0 Å². The van der Waals surface area contributed by atoms with Gasteiger partial charge in [-0.05, 0) is 44.2 Å². The summed E-state index contributed by atoms with van der Waals surface area (Å²) in [6.07, 6.45) is 1.38. The molecule has 0 aliphatic carbocycles. The first-order valence-electron chi connectivity index (χ1n) is 8.23. The number of hydrogen-bond donors (Lipinski definition) is 1. The van der Waals surface area contributed by atoms with Gasteiger partial charge in [0.1, 0.15) is 6.33 Å². The standard InChI is InChI=1S/C17H22N6O2/c1-12-4-5-14(10-13(12)2)20-16-15(23(24)25)17(19-11-18-16)22-8-6-21(3)7-9-22/h4-5,10-11H,6-9H2,1-3H3,(H,18,19,20). The maximum Gasteiger partial charge on any atom is 0.353 e. The molecule has 0 spiro atoms. The highest BCUT2D eigenvalue weighted by Gasteiger charge is 2.28. The van der Waals surface area contributed by atoms with Crippen LogP contribution in [0.15, 0.2) is 24.5 Å². The second-order valence-corrected chi connectivity index (χ2v) is 6.37. The molecule has 1 aliphatic heterocycles. The third kappa shape index (κ3) is 3.69. The number of piperazine rings is 1. The van der Waals surface area contributed by atoms with Crippen LogP contribution in [0, 0.1) is 24.0 Å². The Hall–Kier alpha value is -2.74. The molecule has 1 fully saturated rings. The summed E-state index contributed by atoms with van der Waals surface area (Å²) in [5, 5.41) is 14.8. The maximum atomic E-state index is 11.7. The molecular weight excluding hydrogens is 320 g/mol. The van der Waals surface area contributed by atoms with Crippen molar-refractivity contribution in [1.82, 2.24) is 14.9 Å². The highest BCUT2D eigenvalue weighted by molar-refractivity contribution is 5.74. The molecule has 2 heterocycles. The number of aryl methyl sites for hydroxylation is 2. The zero-order valence-corrected chi connectivity index (χ0v) is 14.7. The molecule has 132 valence electrons. The number of nitrogens with zero attached hydrogens (tertiary/aromatic N) is 5. The van der Waals surface area contributed by atoms with Gasteiger partial charge in [-0.15, -0.1) is 0 Å². The number of nitro groups is 1. The molecule has 0 saturated carbocycles. The lowest BCUT2D eigenvalue weighted by Gasteiger charge is -2.32. The molecule has 2 aromatic rings. The average Bonchev–Trinajstić information content (AvgIpc) is 2.58. The lowest BCUT2D eigenvalue weighted by atomic mass is 10.1. The summed E-state index contributed by atoms with van der Waals surface area (Å²) in [6, 6.07) is 5.83. The first kappa shape index (κ1) is 17.1. The van der Waals surface area contributed by atoms with Crippen molar-refractivity contribution in [2.24, 2.45) is 0 Å². The monoisotopic (exact) mass is 342 g/mol. The predicted molar refractivity (Wildman–Crippen MR) is 97.6 cm³/mol. The molecule has 1 aromatic carbocycles. The number of anilines is 3. The van der Waals surface area contributed by atoms with Crippen LogP contribution in [-0.4, -0.2) is 53.0 Å². The summed E-state index contributed by atoms with van der Waals surface area (Å²) >= 11 is 0. The summed E-state index contributed by atoms with van der Waals surface area (Å²) in [5.74, 6) is 0.594. The molecule has 1 aromatic heterocycles. The fourth-order valence-corrected chi connectivity index (χ4v) is 2.83. The van der Waals surface area contributed by atoms with Gasteiger partial charge in [0.05, 0.1) is 4.92 Å². The normalized spacial score (nSPS) is 15.2. The maximum absolute atomic E-state index is 11.7. The molecule has 1 saturated heterocycles. The predicted octanol–water partition coefficient (Wildman–Crippen LogP) is 2.50. The summed E-state index contributed by atoms with van der Waals surface area (Å²) in [4.78, 5) is 23.8. The topological polar surface area (TPSA) is 87.4 Å². The van der Waals surface area contributed by atoms with Crippen molar-refractivity contribution in [3.63, 3.8) is 0 Å². The van der Waals surface area contributed by atoms with Crippen LogP contribution in [0.3, 0.4) is 0 Å². The van der Waals surface area contributed by atoms with Gasteiger partial charge in [0.15, 0.2) is 0 Å². The quantitative estimate of drug-likeness (QED) is 0.674. The van der Waals surface area contributed by atoms with Gasteiger partial charge < -0.3 is 15.1 Å². The molecule has 1 aliphatic rings. The lowest BCUT2D eigenvalue weighted by Crippen LogP contribution is -2.45. The molecule has 0 atom stereocenters. The van der Waals surface area contributed by atoms with Gasteiger partial charge in [-0.2, -0.15) is 0 Å². The summed E-state index contributed by atoms with van der Waals surface area (Å²) in [5.41, 5.74) is 2.97. The van der Waals surface area contributed by atoms with E-state index in [0.717, 1.165) is 24.3 Å². The van der Waals surface area contributed by atoms with Crippen molar-refractivity contribution in [2.45, 2.75) is 13.8 Å². The van der Waals surface area contributed by atoms with E-state index in [-0.39, 0.29) is 11.5 Å². The number of benzene rings is 1. The Balaban J connectivity index is 1.95. The van der Waals surface area contributed by atoms with E-state index in [0.29, 0.717) is 18.9 Å². The van der Waals surface area contributed by atoms with E-state index < -0.39 is 4.92 Å². The van der Waals surface area contributed by atoms with Gasteiger partial charge >= 0.3 is 5.69 Å². The Morgan fingerprint density at radius 3 is 2.48 bits per heavy atom. The molecule has 0 radical (unpaired) electrons. The Morgan fingerprint density at radius 2 is 1.84 bits per heavy atom. The highest BCUT2D eigenvalue weighted by Crippen LogP contribution is 2.34. The number of likely N-dealkylation sites (N-methyl/N-ethyl adjacent to an activating group) is 1. The Morgan fingerprint density at radius 1 is 1.12 bits per heavy atom. The number of rotatable bonds is 4. The molecule has 1 N–H and O–H groups in total. The average molecular weight is 342 g/mol. The van der Waals surface area contributed by atoms with Crippen LogP contribution in [0.5, 0.6) is 0 Å². The second-order valence-electron chi connectivity index (χ2n) is 6.37. The minimum Gasteiger partial charge on any atom is -0.348 e. The largest absolute Gasteiger partial charge is 0.353 e. The molecule has 0 unspecified atom stereocenters. The van der Waals surface area contributed by atoms with Crippen LogP contribution in [0.25, 0.3) is 0 Å². The van der Waals surface area contributed by atoms with E-state index in [1.165, 1.54) is 11.9 Å². The van der Waals surface area contributed by atoms with Gasteiger partial charge in [0, 0.05) is 31.9 Å². The first-order valence-corrected chi connectivity index (χ1v) is 8.23. The molecule has 0 bridgehead atoms. The lowest BCUT2D eigenvalue weighted by molar-refractivity contribution is -0.383. The Labute approximate surface area is 146 Å². The van der Waals surface area contributed by atoms with E-state index >= 15 is 0 Å². The molecule has 25 heavy (non-hydrogen) atoms. The van der Waals surface area contributed by atoms with Crippen LogP contribution in [-0.2, 0) is 0 Å². The van der Waals surface area contributed by atoms with E-state index in [2.05, 4.69) is 20.2 Å². The molecule has 8 heteroatoms. The number of hydrogen-bond acceptors (Lipinski definition) is 7. The minimum absolute atomic E-state index is 0.0784. The highest BCUT2D eigenvalue weighted by atomic mass is 16.6. The van der Waals surface area contributed by atoms with Crippen LogP contribution in [0.4, 0.5) is 23.0 Å². The molecule has 8 nitrogen and oxygen atoms in total. The summed E-state index contributed by atoms with van der Waals surface area (Å²) in [7, 11) is 2.04. The van der Waals surface area contributed by atoms with E-state index in [1.54, 1.807) is 0 Å². The van der Waals surface area contributed by atoms with E-state index in [1.807, 2.05) is 44.0 Å². The van der Waals surface area contributed by atoms with Gasteiger partial charge in [-0.3, -0.25) is 10.1 Å². The van der Waals surface area contributed by atoms with Crippen molar-refractivity contribution in [3.05, 3.63) is 45.8 Å². The number of nitrogens with one attached hydrogen (secondary N) is 1. The SMILES string of the molecule is Cc1ccc(Nc2ncnc(N3CCN(C)CC3)c2[N+](=O)[O-])cc1C. The third-order valence-corrected chi connectivity index (χ3v) is 4.56. The molecular formula is C17H22N6O2. The third-order valence-electron chi connectivity index (χ3n) is 4.56. The van der Waals surface area contributed by atoms with Gasteiger partial charge in [0.25, 0.3) is 0 Å². The van der Waals surface area contributed by atoms with Crippen LogP contribution >= 0.6 is 0 Å². The van der Waals surface area contributed by atoms with Gasteiger partial charge in [-0.1, -0.05) is 6.07 Å². The van der Waals surface area contributed by atoms with Crippen molar-refractivity contribution >= 4 is 23.0 Å². The van der Waals surface area contributed by atoms with Crippen molar-refractivity contribution in [1.29, 1.82) is 0 Å². The van der Waals surface area contributed by atoms with Gasteiger partial charge in [0.2, 0.25) is 11.6 Å². The number of aromatic nitrogens is 2. The van der Waals surface area contributed by atoms with Crippen LogP contribution in [0.1, 0.15) is 11.1 Å². The smallest absolute Gasteiger partial charge is 0.348 e. The Bertz CT molecular complexity index is 787. The van der Waals surface area contributed by atoms with Crippen molar-refractivity contribution < 1.29 is 4.92 Å². The Kier molecular flexibility index (Phi) is 4.80. The first-order chi connectivity index (χ1) is 12.0. The molecule has 3 rings (SSSR count). The van der Waals surface area contributed by atoms with E-state index in [4.69, 9.17) is 0 Å². The fraction of sp³-hybridized carbons (Fsp3) is 0.412. The molecule has 0 amide bonds. The fourth-order valence-electron chi connectivity index (χ4n) is 2.83. The van der Waals surface area contributed by atoms with Crippen LogP contribution in [0.2, 0.25) is 0 Å². The van der Waals surface area contributed by atoms with Crippen LogP contribution < -0.4 is 10.2 Å². The summed E-state index contributed by atoms with van der Waals surface area (Å²) < 4.78 is 0. The van der Waals surface area contributed by atoms with Gasteiger partial charge in [-0.25, -0.2) is 9.97 Å².